The fraction of sp³-hybridized carbons (Fsp3) is 0.300. The Balaban J connectivity index is 1.91. The van der Waals surface area contributed by atoms with Crippen molar-refractivity contribution in [1.82, 2.24) is 9.55 Å². The van der Waals surface area contributed by atoms with Gasteiger partial charge in [0.15, 0.2) is 5.82 Å². The van der Waals surface area contributed by atoms with Crippen LogP contribution in [0.5, 0.6) is 0 Å². The number of ether oxygens (including phenoxy) is 1. The number of morpholine rings is 1. The van der Waals surface area contributed by atoms with Crippen LogP contribution in [0.1, 0.15) is 28.2 Å². The van der Waals surface area contributed by atoms with E-state index in [1.54, 1.807) is 18.2 Å². The fourth-order valence-electron chi connectivity index (χ4n) is 3.55. The van der Waals surface area contributed by atoms with E-state index in [9.17, 15) is 18.7 Å². The number of nitrogens with zero attached hydrogens (tertiary/aromatic N) is 3. The SMILES string of the molecule is O=C(O)c1cc(N2CCOCC2)cc2c1nc(C(F)F)n2Cc1ccc(Cl)cc1Cl. The Bertz CT molecular complexity index is 1110. The molecule has 0 unspecified atom stereocenters. The predicted molar refractivity (Wildman–Crippen MR) is 110 cm³/mol. The maximum Gasteiger partial charge on any atom is 0.338 e. The van der Waals surface area contributed by atoms with Crippen molar-refractivity contribution >= 4 is 45.9 Å². The number of aromatic carboxylic acids is 1. The van der Waals surface area contributed by atoms with Crippen molar-refractivity contribution in [2.24, 2.45) is 0 Å². The Morgan fingerprint density at radius 1 is 1.20 bits per heavy atom. The van der Waals surface area contributed by atoms with Crippen LogP contribution in [-0.2, 0) is 11.3 Å². The van der Waals surface area contributed by atoms with E-state index in [1.807, 2.05) is 4.90 Å². The molecule has 1 aliphatic heterocycles. The van der Waals surface area contributed by atoms with Gasteiger partial charge in [0.05, 0.1) is 30.8 Å². The highest BCUT2D eigenvalue weighted by molar-refractivity contribution is 6.35. The summed E-state index contributed by atoms with van der Waals surface area (Å²) < 4.78 is 34.3. The maximum absolute atomic E-state index is 13.8. The highest BCUT2D eigenvalue weighted by atomic mass is 35.5. The van der Waals surface area contributed by atoms with Crippen LogP contribution in [0.25, 0.3) is 11.0 Å². The Hall–Kier alpha value is -2.42. The van der Waals surface area contributed by atoms with Crippen LogP contribution in [-0.4, -0.2) is 46.9 Å². The zero-order valence-corrected chi connectivity index (χ0v) is 17.1. The molecule has 2 heterocycles. The first kappa shape index (κ1) is 20.8. The molecule has 0 atom stereocenters. The summed E-state index contributed by atoms with van der Waals surface area (Å²) in [7, 11) is 0. The van der Waals surface area contributed by atoms with E-state index in [-0.39, 0.29) is 17.6 Å². The first-order chi connectivity index (χ1) is 14.3. The van der Waals surface area contributed by atoms with Crippen LogP contribution in [0.15, 0.2) is 30.3 Å². The van der Waals surface area contributed by atoms with Crippen LogP contribution in [0.3, 0.4) is 0 Å². The lowest BCUT2D eigenvalue weighted by atomic mass is 10.1. The number of fused-ring (bicyclic) bond motifs is 1. The molecule has 0 amide bonds. The van der Waals surface area contributed by atoms with Gasteiger partial charge in [-0.2, -0.15) is 0 Å². The van der Waals surface area contributed by atoms with E-state index >= 15 is 0 Å². The molecular formula is C20H17Cl2F2N3O3. The molecule has 30 heavy (non-hydrogen) atoms. The summed E-state index contributed by atoms with van der Waals surface area (Å²) in [5.41, 5.74) is 1.37. The second-order valence-corrected chi connectivity index (χ2v) is 7.70. The number of imidazole rings is 1. The molecule has 4 rings (SSSR count). The number of halogens is 4. The minimum atomic E-state index is -2.89. The molecule has 10 heteroatoms. The summed E-state index contributed by atoms with van der Waals surface area (Å²) in [6.45, 7) is 2.15. The molecule has 3 aromatic rings. The second-order valence-electron chi connectivity index (χ2n) is 6.86. The average Bonchev–Trinajstić information content (AvgIpc) is 3.08. The van der Waals surface area contributed by atoms with E-state index in [2.05, 4.69) is 4.98 Å². The minimum absolute atomic E-state index is 0.00218. The smallest absolute Gasteiger partial charge is 0.338 e. The third kappa shape index (κ3) is 3.95. The van der Waals surface area contributed by atoms with Crippen molar-refractivity contribution in [3.8, 4) is 0 Å². The average molecular weight is 456 g/mol. The van der Waals surface area contributed by atoms with Gasteiger partial charge in [-0.05, 0) is 29.8 Å². The van der Waals surface area contributed by atoms with E-state index in [0.29, 0.717) is 53.1 Å². The number of carboxylic acid groups (broad SMARTS) is 1. The van der Waals surface area contributed by atoms with Gasteiger partial charge in [0.2, 0.25) is 0 Å². The predicted octanol–water partition coefficient (Wildman–Crippen LogP) is 4.86. The Morgan fingerprint density at radius 2 is 1.93 bits per heavy atom. The molecule has 0 radical (unpaired) electrons. The van der Waals surface area contributed by atoms with Gasteiger partial charge in [0.25, 0.3) is 6.43 Å². The van der Waals surface area contributed by atoms with Crippen molar-refractivity contribution in [1.29, 1.82) is 0 Å². The number of alkyl halides is 2. The zero-order valence-electron chi connectivity index (χ0n) is 15.6. The van der Waals surface area contributed by atoms with Gasteiger partial charge < -0.3 is 19.3 Å². The van der Waals surface area contributed by atoms with Crippen LogP contribution >= 0.6 is 23.2 Å². The van der Waals surface area contributed by atoms with Gasteiger partial charge in [-0.3, -0.25) is 0 Å². The summed E-state index contributed by atoms with van der Waals surface area (Å²) in [5, 5.41) is 10.4. The molecule has 1 aromatic heterocycles. The maximum atomic E-state index is 13.8. The lowest BCUT2D eigenvalue weighted by molar-refractivity contribution is 0.0698. The number of hydrogen-bond acceptors (Lipinski definition) is 4. The monoisotopic (exact) mass is 455 g/mol. The molecule has 1 aliphatic rings. The molecule has 1 fully saturated rings. The molecular weight excluding hydrogens is 439 g/mol. The highest BCUT2D eigenvalue weighted by Crippen LogP contribution is 2.33. The lowest BCUT2D eigenvalue weighted by Crippen LogP contribution is -2.36. The number of benzene rings is 2. The van der Waals surface area contributed by atoms with E-state index in [1.165, 1.54) is 16.7 Å². The first-order valence-electron chi connectivity index (χ1n) is 9.17. The topological polar surface area (TPSA) is 67.6 Å². The largest absolute Gasteiger partial charge is 0.478 e. The van der Waals surface area contributed by atoms with Crippen molar-refractivity contribution in [3.05, 3.63) is 57.3 Å². The fourth-order valence-corrected chi connectivity index (χ4v) is 4.01. The third-order valence-electron chi connectivity index (χ3n) is 5.01. The standard InChI is InChI=1S/C20H17Cl2F2N3O3/c21-12-2-1-11(15(22)7-12)10-27-16-9-13(26-3-5-30-6-4-26)8-14(20(28)29)17(16)25-19(27)18(23)24/h1-2,7-9,18H,3-6,10H2,(H,28,29). The summed E-state index contributed by atoms with van der Waals surface area (Å²) in [4.78, 5) is 17.8. The van der Waals surface area contributed by atoms with E-state index < -0.39 is 18.2 Å². The Morgan fingerprint density at radius 3 is 2.57 bits per heavy atom. The number of aromatic nitrogens is 2. The van der Waals surface area contributed by atoms with Crippen molar-refractivity contribution in [2.75, 3.05) is 31.2 Å². The molecule has 2 aromatic carbocycles. The van der Waals surface area contributed by atoms with Gasteiger partial charge in [0.1, 0.15) is 5.52 Å². The zero-order chi connectivity index (χ0) is 21.4. The molecule has 1 saturated heterocycles. The lowest BCUT2D eigenvalue weighted by Gasteiger charge is -2.29. The summed E-state index contributed by atoms with van der Waals surface area (Å²) in [5.74, 6) is -1.75. The number of carboxylic acids is 1. The van der Waals surface area contributed by atoms with Gasteiger partial charge in [-0.15, -0.1) is 0 Å². The Labute approximate surface area is 180 Å². The van der Waals surface area contributed by atoms with Gasteiger partial charge in [0, 0.05) is 28.8 Å². The van der Waals surface area contributed by atoms with Crippen LogP contribution < -0.4 is 4.90 Å². The minimum Gasteiger partial charge on any atom is -0.478 e. The van der Waals surface area contributed by atoms with Crippen LogP contribution in [0.4, 0.5) is 14.5 Å². The number of carbonyl (C=O) groups is 1. The first-order valence-corrected chi connectivity index (χ1v) is 9.93. The summed E-state index contributed by atoms with van der Waals surface area (Å²) >= 11 is 12.2. The van der Waals surface area contributed by atoms with Crippen molar-refractivity contribution < 1.29 is 23.4 Å². The van der Waals surface area contributed by atoms with Crippen molar-refractivity contribution in [3.63, 3.8) is 0 Å². The van der Waals surface area contributed by atoms with Crippen LogP contribution in [0, 0.1) is 0 Å². The van der Waals surface area contributed by atoms with E-state index in [4.69, 9.17) is 27.9 Å². The molecule has 0 aliphatic carbocycles. The number of rotatable bonds is 5. The second kappa shape index (κ2) is 8.37. The molecule has 0 spiro atoms. The summed E-state index contributed by atoms with van der Waals surface area (Å²) in [6.07, 6.45) is -2.89. The molecule has 6 nitrogen and oxygen atoms in total. The number of hydrogen-bond donors (Lipinski definition) is 1. The quantitative estimate of drug-likeness (QED) is 0.594. The van der Waals surface area contributed by atoms with Gasteiger partial charge >= 0.3 is 5.97 Å². The van der Waals surface area contributed by atoms with Gasteiger partial charge in [-0.1, -0.05) is 29.3 Å². The van der Waals surface area contributed by atoms with E-state index in [0.717, 1.165) is 0 Å². The molecule has 0 saturated carbocycles. The normalized spacial score (nSPS) is 14.6. The molecule has 0 bridgehead atoms. The number of anilines is 1. The van der Waals surface area contributed by atoms with Crippen molar-refractivity contribution in [2.45, 2.75) is 13.0 Å². The Kier molecular flexibility index (Phi) is 5.81. The molecule has 158 valence electrons. The van der Waals surface area contributed by atoms with Gasteiger partial charge in [-0.25, -0.2) is 18.6 Å². The molecule has 1 N–H and O–H groups in total. The third-order valence-corrected chi connectivity index (χ3v) is 5.60. The van der Waals surface area contributed by atoms with Crippen LogP contribution in [0.2, 0.25) is 10.0 Å². The summed E-state index contributed by atoms with van der Waals surface area (Å²) in [6, 6.07) is 7.95. The highest BCUT2D eigenvalue weighted by Gasteiger charge is 2.25.